The largest absolute Gasteiger partial charge is 0.466 e. The smallest absolute Gasteiger partial charge is 0.309 e. The van der Waals surface area contributed by atoms with Gasteiger partial charge in [0.15, 0.2) is 8.32 Å². The van der Waals surface area contributed by atoms with Gasteiger partial charge in [-0.05, 0) is 50.7 Å². The van der Waals surface area contributed by atoms with E-state index in [-0.39, 0.29) is 41.2 Å². The van der Waals surface area contributed by atoms with Crippen molar-refractivity contribution in [2.45, 2.75) is 110 Å². The highest BCUT2D eigenvalue weighted by Crippen LogP contribution is 2.46. The molecule has 1 saturated carbocycles. The Morgan fingerprint density at radius 1 is 1.11 bits per heavy atom. The standard InChI is InChI=1S/C29H45NO4SSi/c1-9-22(10-2)33-25-18-21(28(31)32-11-3)17-23(26(25)34-36(7,8)29(4,5)6)27-30-24(19-35-27)20-15-13-12-14-16-20/h12-16,19,21-23,25-26H,9-11,17-18H2,1-8H3/t21-,23+,25-,26+/m1/s1. The van der Waals surface area contributed by atoms with Gasteiger partial charge in [0.1, 0.15) is 0 Å². The first kappa shape index (κ1) is 29.0. The van der Waals surface area contributed by atoms with Gasteiger partial charge in [-0.25, -0.2) is 4.98 Å². The first-order valence-corrected chi connectivity index (χ1v) is 17.3. The zero-order valence-corrected chi connectivity index (χ0v) is 25.2. The van der Waals surface area contributed by atoms with E-state index in [9.17, 15) is 4.79 Å². The minimum atomic E-state index is -2.12. The Morgan fingerprint density at radius 2 is 1.78 bits per heavy atom. The number of nitrogens with zero attached hydrogens (tertiary/aromatic N) is 1. The maximum Gasteiger partial charge on any atom is 0.309 e. The number of carbonyl (C=O) groups is 1. The second kappa shape index (κ2) is 12.3. The average Bonchev–Trinajstić information content (AvgIpc) is 3.33. The number of benzene rings is 1. The summed E-state index contributed by atoms with van der Waals surface area (Å²) in [6.45, 7) is 18.0. The molecule has 0 unspecified atom stereocenters. The predicted molar refractivity (Wildman–Crippen MR) is 151 cm³/mol. The molecule has 1 aliphatic carbocycles. The van der Waals surface area contributed by atoms with Gasteiger partial charge < -0.3 is 13.9 Å². The highest BCUT2D eigenvalue weighted by molar-refractivity contribution is 7.10. The molecule has 1 fully saturated rings. The second-order valence-electron chi connectivity index (χ2n) is 11.4. The van der Waals surface area contributed by atoms with Gasteiger partial charge in [-0.2, -0.15) is 0 Å². The third kappa shape index (κ3) is 6.85. The van der Waals surface area contributed by atoms with Crippen LogP contribution in [0.1, 0.15) is 78.2 Å². The first-order valence-electron chi connectivity index (χ1n) is 13.5. The fraction of sp³-hybridized carbons (Fsp3) is 0.655. The van der Waals surface area contributed by atoms with Crippen molar-refractivity contribution in [1.82, 2.24) is 4.98 Å². The quantitative estimate of drug-likeness (QED) is 0.231. The summed E-state index contributed by atoms with van der Waals surface area (Å²) < 4.78 is 19.4. The van der Waals surface area contributed by atoms with Gasteiger partial charge in [-0.15, -0.1) is 11.3 Å². The molecule has 36 heavy (non-hydrogen) atoms. The number of rotatable bonds is 10. The summed E-state index contributed by atoms with van der Waals surface area (Å²) >= 11 is 1.66. The lowest BCUT2D eigenvalue weighted by atomic mass is 9.77. The van der Waals surface area contributed by atoms with Crippen LogP contribution in [0.4, 0.5) is 0 Å². The van der Waals surface area contributed by atoms with Gasteiger partial charge >= 0.3 is 5.97 Å². The van der Waals surface area contributed by atoms with Crippen molar-refractivity contribution in [3.05, 3.63) is 40.7 Å². The van der Waals surface area contributed by atoms with E-state index in [0.717, 1.165) is 29.1 Å². The van der Waals surface area contributed by atoms with E-state index in [4.69, 9.17) is 18.9 Å². The van der Waals surface area contributed by atoms with Crippen LogP contribution in [0.25, 0.3) is 11.3 Å². The number of thiazole rings is 1. The Labute approximate surface area is 223 Å². The van der Waals surface area contributed by atoms with Crippen LogP contribution in [0.15, 0.2) is 35.7 Å². The number of hydrogen-bond donors (Lipinski definition) is 0. The van der Waals surface area contributed by atoms with Crippen LogP contribution in [0.5, 0.6) is 0 Å². The van der Waals surface area contributed by atoms with E-state index in [2.05, 4.69) is 65.2 Å². The SMILES string of the molecule is CCOC(=O)[C@@H]1C[C@H](c2nc(-c3ccccc3)cs2)[C@H](O[Si](C)(C)C(C)(C)C)[C@H](OC(CC)CC)C1. The summed E-state index contributed by atoms with van der Waals surface area (Å²) in [6, 6.07) is 10.3. The van der Waals surface area contributed by atoms with Crippen LogP contribution in [0.3, 0.4) is 0 Å². The van der Waals surface area contributed by atoms with Crippen molar-refractivity contribution in [3.63, 3.8) is 0 Å². The Balaban J connectivity index is 2.04. The number of hydrogen-bond acceptors (Lipinski definition) is 6. The molecule has 1 aliphatic rings. The lowest BCUT2D eigenvalue weighted by molar-refractivity contribution is -0.158. The maximum absolute atomic E-state index is 13.0. The summed E-state index contributed by atoms with van der Waals surface area (Å²) in [5, 5.41) is 3.20. The van der Waals surface area contributed by atoms with Crippen LogP contribution in [-0.4, -0.2) is 44.2 Å². The van der Waals surface area contributed by atoms with Crippen molar-refractivity contribution in [3.8, 4) is 11.3 Å². The molecule has 1 aromatic carbocycles. The maximum atomic E-state index is 13.0. The normalized spacial score (nSPS) is 23.1. The molecule has 0 radical (unpaired) electrons. The van der Waals surface area contributed by atoms with Gasteiger partial charge in [0.25, 0.3) is 0 Å². The third-order valence-corrected chi connectivity index (χ3v) is 13.3. The molecule has 1 heterocycles. The summed E-state index contributed by atoms with van der Waals surface area (Å²) in [6.07, 6.45) is 2.98. The Hall–Kier alpha value is -1.54. The fourth-order valence-corrected chi connectivity index (χ4v) is 6.97. The highest BCUT2D eigenvalue weighted by Gasteiger charge is 2.49. The van der Waals surface area contributed by atoms with E-state index in [1.165, 1.54) is 0 Å². The molecule has 1 aromatic heterocycles. The summed E-state index contributed by atoms with van der Waals surface area (Å²) in [5.41, 5.74) is 2.07. The van der Waals surface area contributed by atoms with E-state index in [1.807, 2.05) is 25.1 Å². The molecule has 5 nitrogen and oxygen atoms in total. The van der Waals surface area contributed by atoms with Crippen LogP contribution in [-0.2, 0) is 18.7 Å². The molecular weight excluding hydrogens is 486 g/mol. The lowest BCUT2D eigenvalue weighted by Gasteiger charge is -2.47. The van der Waals surface area contributed by atoms with E-state index in [1.54, 1.807) is 11.3 Å². The molecule has 3 rings (SSSR count). The molecule has 0 amide bonds. The van der Waals surface area contributed by atoms with Crippen LogP contribution in [0, 0.1) is 5.92 Å². The van der Waals surface area contributed by atoms with E-state index < -0.39 is 8.32 Å². The molecule has 0 N–H and O–H groups in total. The summed E-state index contributed by atoms with van der Waals surface area (Å²) in [7, 11) is -2.12. The Bertz CT molecular complexity index is 967. The molecule has 0 spiro atoms. The van der Waals surface area contributed by atoms with Gasteiger partial charge in [-0.1, -0.05) is 65.0 Å². The fourth-order valence-electron chi connectivity index (χ4n) is 4.64. The van der Waals surface area contributed by atoms with Crippen LogP contribution in [0.2, 0.25) is 18.1 Å². The monoisotopic (exact) mass is 531 g/mol. The Kier molecular flexibility index (Phi) is 9.94. The first-order chi connectivity index (χ1) is 17.0. The van der Waals surface area contributed by atoms with Crippen molar-refractivity contribution < 1.29 is 18.7 Å². The van der Waals surface area contributed by atoms with Crippen molar-refractivity contribution in [2.75, 3.05) is 6.61 Å². The molecule has 200 valence electrons. The number of aromatic nitrogens is 1. The van der Waals surface area contributed by atoms with Crippen LogP contribution < -0.4 is 0 Å². The minimum absolute atomic E-state index is 0.0240. The molecule has 0 aliphatic heterocycles. The van der Waals surface area contributed by atoms with Crippen LogP contribution >= 0.6 is 11.3 Å². The van der Waals surface area contributed by atoms with Gasteiger partial charge in [0.05, 0.1) is 41.5 Å². The molecular formula is C29H45NO4SSi. The molecule has 7 heteroatoms. The van der Waals surface area contributed by atoms with Crippen molar-refractivity contribution in [1.29, 1.82) is 0 Å². The zero-order valence-electron chi connectivity index (χ0n) is 23.4. The van der Waals surface area contributed by atoms with Crippen molar-refractivity contribution >= 4 is 25.6 Å². The van der Waals surface area contributed by atoms with Gasteiger partial charge in [0.2, 0.25) is 0 Å². The predicted octanol–water partition coefficient (Wildman–Crippen LogP) is 7.83. The molecule has 2 aromatic rings. The zero-order chi connectivity index (χ0) is 26.5. The Morgan fingerprint density at radius 3 is 2.36 bits per heavy atom. The van der Waals surface area contributed by atoms with Gasteiger partial charge in [0, 0.05) is 16.9 Å². The third-order valence-electron chi connectivity index (χ3n) is 7.86. The number of carbonyl (C=O) groups excluding carboxylic acids is 1. The second-order valence-corrected chi connectivity index (χ2v) is 17.1. The lowest BCUT2D eigenvalue weighted by Crippen LogP contribution is -2.53. The van der Waals surface area contributed by atoms with Crippen molar-refractivity contribution in [2.24, 2.45) is 5.92 Å². The summed E-state index contributed by atoms with van der Waals surface area (Å²) in [4.78, 5) is 18.1. The molecule has 0 saturated heterocycles. The van der Waals surface area contributed by atoms with Gasteiger partial charge in [-0.3, -0.25) is 4.79 Å². The molecule has 0 bridgehead atoms. The van der Waals surface area contributed by atoms with E-state index >= 15 is 0 Å². The minimum Gasteiger partial charge on any atom is -0.466 e. The summed E-state index contributed by atoms with van der Waals surface area (Å²) in [5.74, 6) is -0.381. The number of esters is 1. The number of ether oxygens (including phenoxy) is 2. The highest BCUT2D eigenvalue weighted by atomic mass is 32.1. The molecule has 4 atom stereocenters. The van der Waals surface area contributed by atoms with E-state index in [0.29, 0.717) is 19.4 Å². The average molecular weight is 532 g/mol. The topological polar surface area (TPSA) is 57.7 Å².